The van der Waals surface area contributed by atoms with Gasteiger partial charge in [0.1, 0.15) is 4.90 Å². The Morgan fingerprint density at radius 2 is 1.61 bits per heavy atom. The minimum Gasteiger partial charge on any atom is -0.326 e. The lowest BCUT2D eigenvalue weighted by Crippen LogP contribution is -2.33. The predicted molar refractivity (Wildman–Crippen MR) is 117 cm³/mol. The average molecular weight is 465 g/mol. The molecule has 0 atom stereocenters. The van der Waals surface area contributed by atoms with Gasteiger partial charge in [-0.15, -0.1) is 0 Å². The summed E-state index contributed by atoms with van der Waals surface area (Å²) >= 11 is 17.8. The van der Waals surface area contributed by atoms with Gasteiger partial charge < -0.3 is 10.6 Å². The summed E-state index contributed by atoms with van der Waals surface area (Å²) < 4.78 is 27.4. The molecule has 0 heterocycles. The number of likely N-dealkylation sites (N-methyl/N-ethyl adjacent to an activating group) is 1. The Morgan fingerprint density at radius 1 is 0.964 bits per heavy atom. The van der Waals surface area contributed by atoms with Crippen molar-refractivity contribution >= 4 is 44.8 Å². The number of hydrogen-bond donors (Lipinski definition) is 2. The molecule has 2 aromatic carbocycles. The molecule has 0 fully saturated rings. The molecule has 0 saturated heterocycles. The fraction of sp³-hybridized carbons (Fsp3) is 0.368. The highest BCUT2D eigenvalue weighted by atomic mass is 35.5. The van der Waals surface area contributed by atoms with Gasteiger partial charge in [-0.05, 0) is 49.7 Å². The fourth-order valence-electron chi connectivity index (χ4n) is 2.67. The first-order chi connectivity index (χ1) is 13.2. The zero-order chi connectivity index (χ0) is 20.7. The molecular weight excluding hydrogens is 441 g/mol. The van der Waals surface area contributed by atoms with Crippen LogP contribution in [0.25, 0.3) is 0 Å². The van der Waals surface area contributed by atoms with Crippen molar-refractivity contribution in [1.29, 1.82) is 0 Å². The van der Waals surface area contributed by atoms with Crippen molar-refractivity contribution in [3.05, 3.63) is 62.6 Å². The molecule has 3 N–H and O–H groups in total. The smallest absolute Gasteiger partial charge is 0.242 e. The third-order valence-electron chi connectivity index (χ3n) is 4.34. The van der Waals surface area contributed by atoms with Crippen molar-refractivity contribution < 1.29 is 8.42 Å². The van der Waals surface area contributed by atoms with Crippen LogP contribution in [0.15, 0.2) is 41.3 Å². The second-order valence-electron chi connectivity index (χ2n) is 6.50. The van der Waals surface area contributed by atoms with Crippen molar-refractivity contribution in [2.24, 2.45) is 5.73 Å². The number of halogens is 3. The molecule has 2 rings (SSSR count). The standard InChI is InChI=1S/C19H24Cl3N3O2S/c1-25(11-2-3-14-4-6-15(13-23)7-5-14)12-10-24-28(26,27)17-9-8-16(20)18(21)19(17)22/h4-9,24H,2-3,10-13,23H2,1H3. The molecule has 28 heavy (non-hydrogen) atoms. The molecule has 0 radical (unpaired) electrons. The molecule has 0 aliphatic rings. The van der Waals surface area contributed by atoms with Crippen LogP contribution in [0.1, 0.15) is 17.5 Å². The van der Waals surface area contributed by atoms with E-state index in [1.165, 1.54) is 17.7 Å². The lowest BCUT2D eigenvalue weighted by Gasteiger charge is -2.17. The zero-order valence-electron chi connectivity index (χ0n) is 15.6. The van der Waals surface area contributed by atoms with Gasteiger partial charge in [0, 0.05) is 19.6 Å². The van der Waals surface area contributed by atoms with E-state index in [2.05, 4.69) is 21.8 Å². The maximum absolute atomic E-state index is 12.4. The van der Waals surface area contributed by atoms with Gasteiger partial charge in [-0.3, -0.25) is 0 Å². The van der Waals surface area contributed by atoms with Crippen LogP contribution in [0.5, 0.6) is 0 Å². The zero-order valence-corrected chi connectivity index (χ0v) is 18.7. The highest BCUT2D eigenvalue weighted by Gasteiger charge is 2.20. The van der Waals surface area contributed by atoms with E-state index in [1.807, 2.05) is 19.2 Å². The summed E-state index contributed by atoms with van der Waals surface area (Å²) in [5.41, 5.74) is 7.99. The van der Waals surface area contributed by atoms with Gasteiger partial charge in [0.25, 0.3) is 0 Å². The van der Waals surface area contributed by atoms with Crippen LogP contribution in [0.2, 0.25) is 15.1 Å². The van der Waals surface area contributed by atoms with E-state index < -0.39 is 10.0 Å². The number of nitrogens with two attached hydrogens (primary N) is 1. The quantitative estimate of drug-likeness (QED) is 0.522. The van der Waals surface area contributed by atoms with Crippen LogP contribution in [-0.4, -0.2) is 40.0 Å². The van der Waals surface area contributed by atoms with Crippen molar-refractivity contribution in [3.63, 3.8) is 0 Å². The van der Waals surface area contributed by atoms with E-state index in [4.69, 9.17) is 40.5 Å². The molecule has 0 saturated carbocycles. The van der Waals surface area contributed by atoms with Gasteiger partial charge >= 0.3 is 0 Å². The first-order valence-corrected chi connectivity index (χ1v) is 11.5. The summed E-state index contributed by atoms with van der Waals surface area (Å²) in [6.45, 7) is 2.24. The Bertz CT molecular complexity index is 890. The summed E-state index contributed by atoms with van der Waals surface area (Å²) in [5, 5.41) is 0.168. The Hall–Kier alpha value is -0.860. The minimum atomic E-state index is -3.76. The van der Waals surface area contributed by atoms with E-state index in [9.17, 15) is 8.42 Å². The summed E-state index contributed by atoms with van der Waals surface area (Å²) in [7, 11) is -1.80. The van der Waals surface area contributed by atoms with Gasteiger partial charge in [0.05, 0.1) is 15.1 Å². The van der Waals surface area contributed by atoms with Crippen LogP contribution >= 0.6 is 34.8 Å². The number of aryl methyl sites for hydroxylation is 1. The molecule has 0 amide bonds. The van der Waals surface area contributed by atoms with Crippen molar-refractivity contribution in [2.75, 3.05) is 26.7 Å². The first-order valence-electron chi connectivity index (χ1n) is 8.84. The topological polar surface area (TPSA) is 75.4 Å². The van der Waals surface area contributed by atoms with Crippen LogP contribution in [0.3, 0.4) is 0 Å². The normalized spacial score (nSPS) is 11.9. The number of benzene rings is 2. The van der Waals surface area contributed by atoms with Gasteiger partial charge in [0.2, 0.25) is 10.0 Å². The minimum absolute atomic E-state index is 0.0304. The van der Waals surface area contributed by atoms with Crippen molar-refractivity contribution in [3.8, 4) is 0 Å². The van der Waals surface area contributed by atoms with E-state index in [0.717, 1.165) is 24.9 Å². The highest BCUT2D eigenvalue weighted by Crippen LogP contribution is 2.34. The second kappa shape index (κ2) is 10.8. The molecule has 0 aliphatic carbocycles. The average Bonchev–Trinajstić information content (AvgIpc) is 2.66. The molecule has 5 nitrogen and oxygen atoms in total. The summed E-state index contributed by atoms with van der Waals surface area (Å²) in [6.07, 6.45) is 1.93. The van der Waals surface area contributed by atoms with Crippen LogP contribution in [-0.2, 0) is 23.0 Å². The van der Waals surface area contributed by atoms with E-state index in [-0.39, 0.29) is 26.5 Å². The van der Waals surface area contributed by atoms with Gasteiger partial charge in [-0.25, -0.2) is 13.1 Å². The molecule has 2 aromatic rings. The Balaban J connectivity index is 1.78. The molecule has 0 aromatic heterocycles. The Morgan fingerprint density at radius 3 is 2.25 bits per heavy atom. The Labute approximate surface area is 181 Å². The van der Waals surface area contributed by atoms with Crippen molar-refractivity contribution in [1.82, 2.24) is 9.62 Å². The van der Waals surface area contributed by atoms with E-state index >= 15 is 0 Å². The van der Waals surface area contributed by atoms with Gasteiger partial charge in [-0.1, -0.05) is 59.1 Å². The molecule has 0 unspecified atom stereocenters. The first kappa shape index (κ1) is 23.4. The maximum atomic E-state index is 12.4. The molecule has 0 spiro atoms. The molecule has 0 aliphatic heterocycles. The highest BCUT2D eigenvalue weighted by molar-refractivity contribution is 7.89. The monoisotopic (exact) mass is 463 g/mol. The molecule has 154 valence electrons. The molecule has 0 bridgehead atoms. The predicted octanol–water partition coefficient (Wildman–Crippen LogP) is 3.95. The van der Waals surface area contributed by atoms with Crippen LogP contribution in [0, 0.1) is 0 Å². The third-order valence-corrected chi connectivity index (χ3v) is 7.25. The maximum Gasteiger partial charge on any atom is 0.242 e. The number of rotatable bonds is 10. The van der Waals surface area contributed by atoms with Crippen LogP contribution < -0.4 is 10.5 Å². The Kier molecular flexibility index (Phi) is 9.02. The SMILES string of the molecule is CN(CCCc1ccc(CN)cc1)CCNS(=O)(=O)c1ccc(Cl)c(Cl)c1Cl. The van der Waals surface area contributed by atoms with E-state index in [1.54, 1.807) is 0 Å². The summed E-state index contributed by atoms with van der Waals surface area (Å²) in [5.74, 6) is 0. The summed E-state index contributed by atoms with van der Waals surface area (Å²) in [4.78, 5) is 2.00. The van der Waals surface area contributed by atoms with Gasteiger partial charge in [-0.2, -0.15) is 0 Å². The molecular formula is C19H24Cl3N3O2S. The molecule has 9 heteroatoms. The number of nitrogens with zero attached hydrogens (tertiary/aromatic N) is 1. The number of sulfonamides is 1. The second-order valence-corrected chi connectivity index (χ2v) is 9.40. The van der Waals surface area contributed by atoms with Gasteiger partial charge in [0.15, 0.2) is 0 Å². The van der Waals surface area contributed by atoms with E-state index in [0.29, 0.717) is 13.1 Å². The lowest BCUT2D eigenvalue weighted by molar-refractivity contribution is 0.334. The summed E-state index contributed by atoms with van der Waals surface area (Å²) in [6, 6.07) is 11.0. The largest absolute Gasteiger partial charge is 0.326 e. The number of hydrogen-bond acceptors (Lipinski definition) is 4. The fourth-order valence-corrected chi connectivity index (χ4v) is 4.67. The lowest BCUT2D eigenvalue weighted by atomic mass is 10.1. The van der Waals surface area contributed by atoms with Crippen molar-refractivity contribution in [2.45, 2.75) is 24.3 Å². The number of nitrogens with one attached hydrogen (secondary N) is 1. The van der Waals surface area contributed by atoms with Crippen LogP contribution in [0.4, 0.5) is 0 Å². The third kappa shape index (κ3) is 6.59.